The van der Waals surface area contributed by atoms with Crippen molar-refractivity contribution < 1.29 is 32.2 Å². The van der Waals surface area contributed by atoms with Crippen LogP contribution in [0.2, 0.25) is 0 Å². The SMILES string of the molecule is CC[C@@H](C(=O)NCC(C)C)N(Cc1ccc(OC)cc1)C(=O)CN(c1ccc2c(c1)OCCO2)S(C)(=O)=O. The molecule has 0 fully saturated rings. The number of fused-ring (bicyclic) bond motifs is 1. The molecule has 1 aliphatic heterocycles. The van der Waals surface area contributed by atoms with Gasteiger partial charge in [0.15, 0.2) is 11.5 Å². The van der Waals surface area contributed by atoms with Crippen molar-refractivity contribution >= 4 is 27.5 Å². The van der Waals surface area contributed by atoms with Gasteiger partial charge in [0.25, 0.3) is 0 Å². The molecule has 0 bridgehead atoms. The number of anilines is 1. The van der Waals surface area contributed by atoms with Crippen LogP contribution >= 0.6 is 0 Å². The van der Waals surface area contributed by atoms with E-state index in [0.29, 0.717) is 43.4 Å². The lowest BCUT2D eigenvalue weighted by molar-refractivity contribution is -0.140. The number of benzene rings is 2. The van der Waals surface area contributed by atoms with E-state index >= 15 is 0 Å². The second kappa shape index (κ2) is 12.9. The second-order valence-corrected chi connectivity index (χ2v) is 11.4. The lowest BCUT2D eigenvalue weighted by atomic mass is 10.1. The smallest absolute Gasteiger partial charge is 0.244 e. The largest absolute Gasteiger partial charge is 0.497 e. The number of amides is 2. The van der Waals surface area contributed by atoms with Crippen molar-refractivity contribution in [2.45, 2.75) is 39.8 Å². The lowest BCUT2D eigenvalue weighted by Crippen LogP contribution is -2.52. The number of rotatable bonds is 12. The van der Waals surface area contributed by atoms with Crippen molar-refractivity contribution in [1.29, 1.82) is 0 Å². The summed E-state index contributed by atoms with van der Waals surface area (Å²) < 4.78 is 43.0. The van der Waals surface area contributed by atoms with Crippen LogP contribution in [0.5, 0.6) is 17.2 Å². The summed E-state index contributed by atoms with van der Waals surface area (Å²) in [7, 11) is -2.29. The first-order chi connectivity index (χ1) is 18.0. The highest BCUT2D eigenvalue weighted by Crippen LogP contribution is 2.34. The highest BCUT2D eigenvalue weighted by Gasteiger charge is 2.32. The van der Waals surface area contributed by atoms with Crippen molar-refractivity contribution in [1.82, 2.24) is 10.2 Å². The molecule has 2 amide bonds. The molecule has 2 aromatic carbocycles. The molecule has 0 saturated heterocycles. The van der Waals surface area contributed by atoms with Crippen molar-refractivity contribution in [2.24, 2.45) is 5.92 Å². The number of hydrogen-bond acceptors (Lipinski definition) is 7. The molecule has 38 heavy (non-hydrogen) atoms. The van der Waals surface area contributed by atoms with Crippen molar-refractivity contribution in [2.75, 3.05) is 44.0 Å². The van der Waals surface area contributed by atoms with E-state index in [4.69, 9.17) is 14.2 Å². The van der Waals surface area contributed by atoms with Gasteiger partial charge in [-0.2, -0.15) is 0 Å². The molecule has 1 N–H and O–H groups in total. The van der Waals surface area contributed by atoms with Gasteiger partial charge in [0.05, 0.1) is 19.1 Å². The van der Waals surface area contributed by atoms with Crippen LogP contribution in [-0.4, -0.2) is 70.8 Å². The highest BCUT2D eigenvalue weighted by molar-refractivity contribution is 7.92. The van der Waals surface area contributed by atoms with Crippen LogP contribution in [0.3, 0.4) is 0 Å². The fourth-order valence-electron chi connectivity index (χ4n) is 4.07. The molecule has 2 aromatic rings. The van der Waals surface area contributed by atoms with Gasteiger partial charge in [0.1, 0.15) is 31.5 Å². The van der Waals surface area contributed by atoms with E-state index in [9.17, 15) is 18.0 Å². The summed E-state index contributed by atoms with van der Waals surface area (Å²) in [5.41, 5.74) is 1.05. The van der Waals surface area contributed by atoms with Gasteiger partial charge in [0, 0.05) is 19.2 Å². The zero-order valence-electron chi connectivity index (χ0n) is 22.6. The lowest BCUT2D eigenvalue weighted by Gasteiger charge is -2.33. The molecule has 1 atom stereocenters. The molecule has 11 heteroatoms. The molecule has 10 nitrogen and oxygen atoms in total. The van der Waals surface area contributed by atoms with Crippen LogP contribution in [0.15, 0.2) is 42.5 Å². The van der Waals surface area contributed by atoms with Gasteiger partial charge < -0.3 is 24.4 Å². The Morgan fingerprint density at radius 1 is 1.05 bits per heavy atom. The number of nitrogens with zero attached hydrogens (tertiary/aromatic N) is 2. The summed E-state index contributed by atoms with van der Waals surface area (Å²) in [6.45, 7) is 6.64. The van der Waals surface area contributed by atoms with Crippen LogP contribution in [0.4, 0.5) is 5.69 Å². The second-order valence-electron chi connectivity index (χ2n) is 9.53. The van der Waals surface area contributed by atoms with Gasteiger partial charge >= 0.3 is 0 Å². The van der Waals surface area contributed by atoms with E-state index in [1.165, 1.54) is 4.90 Å². The molecule has 208 valence electrons. The maximum atomic E-state index is 13.8. The third-order valence-electron chi connectivity index (χ3n) is 6.08. The Morgan fingerprint density at radius 3 is 2.29 bits per heavy atom. The molecule has 0 unspecified atom stereocenters. The quantitative estimate of drug-likeness (QED) is 0.435. The van der Waals surface area contributed by atoms with Crippen LogP contribution in [0.25, 0.3) is 0 Å². The number of sulfonamides is 1. The Kier molecular flexibility index (Phi) is 9.84. The van der Waals surface area contributed by atoms with E-state index < -0.39 is 28.5 Å². The Hall–Kier alpha value is -3.47. The number of carbonyl (C=O) groups excluding carboxylic acids is 2. The molecule has 0 spiro atoms. The van der Waals surface area contributed by atoms with E-state index in [-0.39, 0.29) is 24.1 Å². The monoisotopic (exact) mass is 547 g/mol. The molecule has 0 saturated carbocycles. The maximum Gasteiger partial charge on any atom is 0.244 e. The third-order valence-corrected chi connectivity index (χ3v) is 7.22. The standard InChI is InChI=1S/C27H37N3O7S/c1-6-23(27(32)28-16-19(2)3)29(17-20-7-10-22(35-4)11-8-20)26(31)18-30(38(5,33)34)21-9-12-24-25(15-21)37-14-13-36-24/h7-12,15,19,23H,6,13-14,16-18H2,1-5H3,(H,28,32)/t23-/m0/s1. The van der Waals surface area contributed by atoms with Gasteiger partial charge in [-0.15, -0.1) is 0 Å². The molecule has 1 aliphatic rings. The van der Waals surface area contributed by atoms with Crippen LogP contribution in [0, 0.1) is 5.92 Å². The topological polar surface area (TPSA) is 114 Å². The minimum absolute atomic E-state index is 0.120. The normalized spacial score (nSPS) is 13.5. The molecular weight excluding hydrogens is 510 g/mol. The first-order valence-corrected chi connectivity index (χ1v) is 14.5. The molecule has 0 aliphatic carbocycles. The first-order valence-electron chi connectivity index (χ1n) is 12.6. The number of carbonyl (C=O) groups is 2. The van der Waals surface area contributed by atoms with E-state index in [1.807, 2.05) is 32.9 Å². The molecule has 0 aromatic heterocycles. The summed E-state index contributed by atoms with van der Waals surface area (Å²) in [6, 6.07) is 11.1. The zero-order chi connectivity index (χ0) is 27.9. The Labute approximate surface area is 224 Å². The van der Waals surface area contributed by atoms with Crippen LogP contribution in [-0.2, 0) is 26.2 Å². The van der Waals surface area contributed by atoms with E-state index in [0.717, 1.165) is 16.1 Å². The minimum Gasteiger partial charge on any atom is -0.497 e. The fraction of sp³-hybridized carbons (Fsp3) is 0.481. The summed E-state index contributed by atoms with van der Waals surface area (Å²) in [6.07, 6.45) is 1.40. The fourth-order valence-corrected chi connectivity index (χ4v) is 4.91. The minimum atomic E-state index is -3.86. The highest BCUT2D eigenvalue weighted by atomic mass is 32.2. The van der Waals surface area contributed by atoms with E-state index in [2.05, 4.69) is 5.32 Å². The molecule has 3 rings (SSSR count). The predicted molar refractivity (Wildman–Crippen MR) is 145 cm³/mol. The average Bonchev–Trinajstić information content (AvgIpc) is 2.89. The van der Waals surface area contributed by atoms with Gasteiger partial charge in [0.2, 0.25) is 21.8 Å². The Morgan fingerprint density at radius 2 is 1.71 bits per heavy atom. The molecule has 0 radical (unpaired) electrons. The summed E-state index contributed by atoms with van der Waals surface area (Å²) in [4.78, 5) is 28.4. The van der Waals surface area contributed by atoms with Gasteiger partial charge in [-0.25, -0.2) is 8.42 Å². The van der Waals surface area contributed by atoms with Crippen molar-refractivity contribution in [3.63, 3.8) is 0 Å². The van der Waals surface area contributed by atoms with Crippen LogP contribution in [0.1, 0.15) is 32.8 Å². The maximum absolute atomic E-state index is 13.8. The average molecular weight is 548 g/mol. The van der Waals surface area contributed by atoms with Gasteiger partial charge in [-0.05, 0) is 42.2 Å². The van der Waals surface area contributed by atoms with Gasteiger partial charge in [-0.1, -0.05) is 32.9 Å². The van der Waals surface area contributed by atoms with E-state index in [1.54, 1.807) is 37.4 Å². The predicted octanol–water partition coefficient (Wildman–Crippen LogP) is 2.81. The number of hydrogen-bond donors (Lipinski definition) is 1. The summed E-state index contributed by atoms with van der Waals surface area (Å²) >= 11 is 0. The van der Waals surface area contributed by atoms with Crippen molar-refractivity contribution in [3.05, 3.63) is 48.0 Å². The number of ether oxygens (including phenoxy) is 3. The number of nitrogens with one attached hydrogen (secondary N) is 1. The summed E-state index contributed by atoms with van der Waals surface area (Å²) in [5, 5.41) is 2.91. The first kappa shape index (κ1) is 29.1. The van der Waals surface area contributed by atoms with Gasteiger partial charge in [-0.3, -0.25) is 13.9 Å². The van der Waals surface area contributed by atoms with Crippen molar-refractivity contribution in [3.8, 4) is 17.2 Å². The third kappa shape index (κ3) is 7.53. The Balaban J connectivity index is 1.93. The Bertz CT molecular complexity index is 1220. The number of methoxy groups -OCH3 is 1. The molecular formula is C27H37N3O7S. The van der Waals surface area contributed by atoms with Crippen LogP contribution < -0.4 is 23.8 Å². The zero-order valence-corrected chi connectivity index (χ0v) is 23.4. The molecule has 1 heterocycles. The summed E-state index contributed by atoms with van der Waals surface area (Å²) in [5.74, 6) is 1.02.